The van der Waals surface area contributed by atoms with Gasteiger partial charge in [0.15, 0.2) is 5.16 Å². The zero-order chi connectivity index (χ0) is 14.9. The Bertz CT molecular complexity index is 636. The second kappa shape index (κ2) is 5.41. The van der Waals surface area contributed by atoms with Crippen molar-refractivity contribution in [1.82, 2.24) is 20.1 Å². The van der Waals surface area contributed by atoms with Crippen LogP contribution in [-0.4, -0.2) is 39.0 Å². The zero-order valence-corrected chi connectivity index (χ0v) is 12.1. The van der Waals surface area contributed by atoms with Crippen LogP contribution in [0.1, 0.15) is 12.8 Å². The Hall–Kier alpha value is -1.61. The van der Waals surface area contributed by atoms with E-state index >= 15 is 0 Å². The summed E-state index contributed by atoms with van der Waals surface area (Å²) in [5.74, 6) is 0.150. The van der Waals surface area contributed by atoms with Gasteiger partial charge in [-0.1, -0.05) is 11.8 Å². The molecule has 1 unspecified atom stereocenters. The normalized spacial score (nSPS) is 17.7. The fourth-order valence-corrected chi connectivity index (χ4v) is 3.40. The second-order valence-electron chi connectivity index (χ2n) is 4.85. The first kappa shape index (κ1) is 14.8. The average molecular weight is 299 g/mol. The van der Waals surface area contributed by atoms with Crippen LogP contribution in [0.25, 0.3) is 0 Å². The van der Waals surface area contributed by atoms with Crippen molar-refractivity contribution in [2.45, 2.75) is 23.5 Å². The van der Waals surface area contributed by atoms with E-state index in [4.69, 9.17) is 5.73 Å². The number of likely N-dealkylation sites (N-methyl/N-ethyl adjacent to an activating group) is 1. The molecule has 0 radical (unpaired) electrons. The van der Waals surface area contributed by atoms with E-state index in [0.29, 0.717) is 10.9 Å². The molecule has 1 aromatic heterocycles. The minimum absolute atomic E-state index is 0.206. The van der Waals surface area contributed by atoms with Gasteiger partial charge in [0.25, 0.3) is 0 Å². The van der Waals surface area contributed by atoms with Crippen LogP contribution in [0.15, 0.2) is 14.7 Å². The van der Waals surface area contributed by atoms with Crippen molar-refractivity contribution < 1.29 is 4.79 Å². The molecule has 8 nitrogen and oxygen atoms in total. The molecule has 1 fully saturated rings. The number of rotatable bonds is 6. The Kier molecular flexibility index (Phi) is 4.00. The quantitative estimate of drug-likeness (QED) is 0.430. The Labute approximate surface area is 119 Å². The Morgan fingerprint density at radius 1 is 1.60 bits per heavy atom. The summed E-state index contributed by atoms with van der Waals surface area (Å²) in [6, 6.07) is 0. The maximum absolute atomic E-state index is 11.8. The summed E-state index contributed by atoms with van der Waals surface area (Å²) in [4.78, 5) is 37.9. The number of hydrogen-bond donors (Lipinski definition) is 3. The fraction of sp³-hybridized carbons (Fsp3) is 0.636. The van der Waals surface area contributed by atoms with Gasteiger partial charge in [-0.3, -0.25) is 24.2 Å². The van der Waals surface area contributed by atoms with Gasteiger partial charge in [-0.2, -0.15) is 4.98 Å². The molecule has 1 aliphatic rings. The van der Waals surface area contributed by atoms with Gasteiger partial charge < -0.3 is 11.1 Å². The van der Waals surface area contributed by atoms with E-state index in [1.807, 2.05) is 0 Å². The molecule has 4 N–H and O–H groups in total. The van der Waals surface area contributed by atoms with Crippen molar-refractivity contribution in [1.29, 1.82) is 0 Å². The number of aryl methyl sites for hydroxylation is 1. The summed E-state index contributed by atoms with van der Waals surface area (Å²) in [6.45, 7) is 0. The number of H-pyrrole nitrogens is 1. The maximum Gasteiger partial charge on any atom is 0.339 e. The van der Waals surface area contributed by atoms with Crippen LogP contribution < -0.4 is 22.2 Å². The number of nitrogens with zero attached hydrogens (tertiary/aromatic N) is 2. The Morgan fingerprint density at radius 3 is 2.75 bits per heavy atom. The van der Waals surface area contributed by atoms with Gasteiger partial charge in [0.05, 0.1) is 0 Å². The van der Waals surface area contributed by atoms with Crippen LogP contribution in [0.3, 0.4) is 0 Å². The molecule has 1 saturated carbocycles. The minimum atomic E-state index is -0.842. The standard InChI is InChI=1S/C11H17N5O3S/c1-13-11(9(12)19,6-3-4-6)5-20-10-14-7(17)8(18)15-16(10)2/h6,13H,3-5H2,1-2H3,(H2,12,19)(H,15,18). The number of amides is 1. The van der Waals surface area contributed by atoms with Crippen molar-refractivity contribution in [3.05, 3.63) is 20.7 Å². The van der Waals surface area contributed by atoms with Crippen LogP contribution >= 0.6 is 11.8 Å². The fourth-order valence-electron chi connectivity index (χ4n) is 2.13. The predicted octanol–water partition coefficient (Wildman–Crippen LogP) is -1.59. The summed E-state index contributed by atoms with van der Waals surface area (Å²) in [5.41, 5.74) is 3.10. The van der Waals surface area contributed by atoms with Crippen molar-refractivity contribution in [3.8, 4) is 0 Å². The van der Waals surface area contributed by atoms with E-state index in [-0.39, 0.29) is 5.92 Å². The molecule has 1 heterocycles. The van der Waals surface area contributed by atoms with Gasteiger partial charge in [0.2, 0.25) is 5.91 Å². The number of hydrogen-bond acceptors (Lipinski definition) is 6. The summed E-state index contributed by atoms with van der Waals surface area (Å²) < 4.78 is 1.36. The van der Waals surface area contributed by atoms with E-state index in [1.165, 1.54) is 16.4 Å². The second-order valence-corrected chi connectivity index (χ2v) is 5.79. The van der Waals surface area contributed by atoms with Gasteiger partial charge in [0.1, 0.15) is 5.54 Å². The molecule has 0 aromatic carbocycles. The summed E-state index contributed by atoms with van der Waals surface area (Å²) in [6.07, 6.45) is 1.89. The third kappa shape index (κ3) is 2.63. The SMILES string of the molecule is CNC(CSc1nc(=O)c(=O)[nH]n1C)(C(N)=O)C1CC1. The van der Waals surface area contributed by atoms with Gasteiger partial charge in [-0.15, -0.1) is 0 Å². The highest BCUT2D eigenvalue weighted by Gasteiger charge is 2.48. The molecule has 0 bridgehead atoms. The number of nitrogens with one attached hydrogen (secondary N) is 2. The van der Waals surface area contributed by atoms with E-state index in [2.05, 4.69) is 15.4 Å². The van der Waals surface area contributed by atoms with Crippen molar-refractivity contribution >= 4 is 17.7 Å². The average Bonchev–Trinajstić information content (AvgIpc) is 3.21. The van der Waals surface area contributed by atoms with Gasteiger partial charge in [0, 0.05) is 12.8 Å². The zero-order valence-electron chi connectivity index (χ0n) is 11.3. The third-order valence-corrected chi connectivity index (χ3v) is 4.76. The van der Waals surface area contributed by atoms with Crippen molar-refractivity contribution in [2.24, 2.45) is 18.7 Å². The smallest absolute Gasteiger partial charge is 0.339 e. The number of primary amides is 1. The van der Waals surface area contributed by atoms with E-state index < -0.39 is 22.6 Å². The highest BCUT2D eigenvalue weighted by molar-refractivity contribution is 7.99. The molecule has 1 aliphatic carbocycles. The highest BCUT2D eigenvalue weighted by Crippen LogP contribution is 2.41. The molecule has 1 atom stereocenters. The van der Waals surface area contributed by atoms with Crippen LogP contribution in [0, 0.1) is 5.92 Å². The molecule has 9 heteroatoms. The maximum atomic E-state index is 11.8. The first-order chi connectivity index (χ1) is 9.40. The van der Waals surface area contributed by atoms with Gasteiger partial charge >= 0.3 is 11.1 Å². The first-order valence-electron chi connectivity index (χ1n) is 6.19. The minimum Gasteiger partial charge on any atom is -0.368 e. The molecular weight excluding hydrogens is 282 g/mol. The highest BCUT2D eigenvalue weighted by atomic mass is 32.2. The number of aromatic amines is 1. The molecule has 20 heavy (non-hydrogen) atoms. The van der Waals surface area contributed by atoms with Crippen LogP contribution in [0.5, 0.6) is 0 Å². The molecular formula is C11H17N5O3S. The predicted molar refractivity (Wildman–Crippen MR) is 74.5 cm³/mol. The monoisotopic (exact) mass is 299 g/mol. The number of nitrogens with two attached hydrogens (primary N) is 1. The van der Waals surface area contributed by atoms with Crippen LogP contribution in [0.2, 0.25) is 0 Å². The molecule has 2 rings (SSSR count). The molecule has 0 spiro atoms. The molecule has 1 amide bonds. The number of aromatic nitrogens is 3. The molecule has 0 saturated heterocycles. The number of thioether (sulfide) groups is 1. The lowest BCUT2D eigenvalue weighted by atomic mass is 9.95. The third-order valence-electron chi connectivity index (χ3n) is 3.54. The van der Waals surface area contributed by atoms with Gasteiger partial charge in [-0.25, -0.2) is 0 Å². The summed E-state index contributed by atoms with van der Waals surface area (Å²) in [5, 5.41) is 5.72. The lowest BCUT2D eigenvalue weighted by Crippen LogP contribution is -2.58. The molecule has 110 valence electrons. The van der Waals surface area contributed by atoms with Crippen molar-refractivity contribution in [3.63, 3.8) is 0 Å². The van der Waals surface area contributed by atoms with E-state index in [1.54, 1.807) is 14.1 Å². The topological polar surface area (TPSA) is 123 Å². The number of carbonyl (C=O) groups excluding carboxylic acids is 1. The summed E-state index contributed by atoms with van der Waals surface area (Å²) >= 11 is 1.22. The van der Waals surface area contributed by atoms with E-state index in [9.17, 15) is 14.4 Å². The lowest BCUT2D eigenvalue weighted by Gasteiger charge is -2.29. The Balaban J connectivity index is 2.22. The van der Waals surface area contributed by atoms with Crippen molar-refractivity contribution in [2.75, 3.05) is 12.8 Å². The van der Waals surface area contributed by atoms with Crippen LogP contribution in [-0.2, 0) is 11.8 Å². The first-order valence-corrected chi connectivity index (χ1v) is 7.18. The molecule has 0 aliphatic heterocycles. The van der Waals surface area contributed by atoms with Crippen LogP contribution in [0.4, 0.5) is 0 Å². The van der Waals surface area contributed by atoms with E-state index in [0.717, 1.165) is 12.8 Å². The largest absolute Gasteiger partial charge is 0.368 e. The number of carbonyl (C=O) groups is 1. The lowest BCUT2D eigenvalue weighted by molar-refractivity contribution is -0.124. The van der Waals surface area contributed by atoms with Gasteiger partial charge in [-0.05, 0) is 25.8 Å². The summed E-state index contributed by atoms with van der Waals surface area (Å²) in [7, 11) is 3.28. The molecule has 1 aromatic rings. The Morgan fingerprint density at radius 2 is 2.25 bits per heavy atom.